The lowest BCUT2D eigenvalue weighted by molar-refractivity contribution is -0.384. The third-order valence-corrected chi connectivity index (χ3v) is 3.20. The van der Waals surface area contributed by atoms with Crippen LogP contribution in [0.4, 0.5) is 17.3 Å². The van der Waals surface area contributed by atoms with E-state index in [1.807, 2.05) is 0 Å². The molecule has 0 spiro atoms. The number of nitrogens with two attached hydrogens (primary N) is 1. The highest BCUT2D eigenvalue weighted by atomic mass is 16.6. The second kappa shape index (κ2) is 5.09. The van der Waals surface area contributed by atoms with E-state index in [1.165, 1.54) is 6.07 Å². The lowest BCUT2D eigenvalue weighted by Crippen LogP contribution is -2.28. The fourth-order valence-electron chi connectivity index (χ4n) is 2.14. The number of carbonyl (C=O) groups excluding carboxylic acids is 1. The summed E-state index contributed by atoms with van der Waals surface area (Å²) in [5.41, 5.74) is 5.19. The molecule has 1 atom stereocenters. The first-order valence-corrected chi connectivity index (χ1v) is 5.90. The molecular weight excluding hydrogens is 250 g/mol. The van der Waals surface area contributed by atoms with Crippen molar-refractivity contribution in [2.45, 2.75) is 6.42 Å². The van der Waals surface area contributed by atoms with Gasteiger partial charge in [-0.25, -0.2) is 4.98 Å². The van der Waals surface area contributed by atoms with Gasteiger partial charge in [0.2, 0.25) is 11.7 Å². The molecule has 1 aromatic heterocycles. The number of hydrogen-bond donors (Lipinski definition) is 2. The van der Waals surface area contributed by atoms with Crippen LogP contribution in [0.1, 0.15) is 6.42 Å². The molecule has 19 heavy (non-hydrogen) atoms. The highest BCUT2D eigenvalue weighted by Gasteiger charge is 2.31. The van der Waals surface area contributed by atoms with E-state index in [2.05, 4.69) is 10.3 Å². The summed E-state index contributed by atoms with van der Waals surface area (Å²) in [7, 11) is 1.69. The van der Waals surface area contributed by atoms with Crippen LogP contribution in [-0.4, -0.2) is 36.0 Å². The van der Waals surface area contributed by atoms with Gasteiger partial charge < -0.3 is 16.0 Å². The number of pyridine rings is 1. The largest absolute Gasteiger partial charge is 0.373 e. The average Bonchev–Trinajstić information content (AvgIpc) is 2.87. The highest BCUT2D eigenvalue weighted by molar-refractivity contribution is 5.78. The summed E-state index contributed by atoms with van der Waals surface area (Å²) in [6.45, 7) is 0.908. The Morgan fingerprint density at radius 3 is 2.89 bits per heavy atom. The first-order chi connectivity index (χ1) is 9.02. The molecule has 1 amide bonds. The third kappa shape index (κ3) is 2.56. The molecule has 1 aliphatic rings. The molecule has 0 radical (unpaired) electrons. The number of anilines is 2. The van der Waals surface area contributed by atoms with Crippen LogP contribution in [0, 0.1) is 16.0 Å². The van der Waals surface area contributed by atoms with Crippen molar-refractivity contribution in [2.75, 3.05) is 30.4 Å². The Morgan fingerprint density at radius 2 is 2.37 bits per heavy atom. The fraction of sp³-hybridized carbons (Fsp3) is 0.455. The number of hydrogen-bond acceptors (Lipinski definition) is 6. The smallest absolute Gasteiger partial charge is 0.311 e. The van der Waals surface area contributed by atoms with E-state index in [-0.39, 0.29) is 23.3 Å². The highest BCUT2D eigenvalue weighted by Crippen LogP contribution is 2.31. The summed E-state index contributed by atoms with van der Waals surface area (Å²) >= 11 is 0. The van der Waals surface area contributed by atoms with Gasteiger partial charge in [0.05, 0.1) is 10.8 Å². The van der Waals surface area contributed by atoms with Crippen molar-refractivity contribution in [1.82, 2.24) is 4.98 Å². The third-order valence-electron chi connectivity index (χ3n) is 3.20. The molecule has 8 heteroatoms. The average molecular weight is 265 g/mol. The molecule has 1 fully saturated rings. The Bertz CT molecular complexity index is 519. The normalized spacial score (nSPS) is 18.4. The lowest BCUT2D eigenvalue weighted by atomic mass is 10.1. The van der Waals surface area contributed by atoms with E-state index in [1.54, 1.807) is 18.0 Å². The van der Waals surface area contributed by atoms with Crippen molar-refractivity contribution in [3.8, 4) is 0 Å². The van der Waals surface area contributed by atoms with Gasteiger partial charge in [0.1, 0.15) is 5.82 Å². The van der Waals surface area contributed by atoms with Gasteiger partial charge in [0.25, 0.3) is 0 Å². The van der Waals surface area contributed by atoms with E-state index >= 15 is 0 Å². The molecular formula is C11H15N5O3. The minimum atomic E-state index is -0.473. The number of aromatic nitrogens is 1. The SMILES string of the molecule is CNc1ccc([N+](=O)[O-])c(N2CCC(C(N)=O)C2)n1. The monoisotopic (exact) mass is 265 g/mol. The second-order valence-corrected chi connectivity index (χ2v) is 4.38. The lowest BCUT2D eigenvalue weighted by Gasteiger charge is -2.17. The van der Waals surface area contributed by atoms with Crippen LogP contribution in [0.5, 0.6) is 0 Å². The number of amides is 1. The quantitative estimate of drug-likeness (QED) is 0.599. The minimum absolute atomic E-state index is 0.0656. The number of nitro groups is 1. The Kier molecular flexibility index (Phi) is 3.50. The summed E-state index contributed by atoms with van der Waals surface area (Å²) < 4.78 is 0. The van der Waals surface area contributed by atoms with Crippen LogP contribution in [0.3, 0.4) is 0 Å². The van der Waals surface area contributed by atoms with Gasteiger partial charge in [-0.15, -0.1) is 0 Å². The van der Waals surface area contributed by atoms with Gasteiger partial charge in [0.15, 0.2) is 0 Å². The van der Waals surface area contributed by atoms with Crippen LogP contribution < -0.4 is 16.0 Å². The second-order valence-electron chi connectivity index (χ2n) is 4.38. The molecule has 2 rings (SSSR count). The van der Waals surface area contributed by atoms with Crippen molar-refractivity contribution in [2.24, 2.45) is 11.7 Å². The van der Waals surface area contributed by atoms with Crippen LogP contribution in [0.15, 0.2) is 12.1 Å². The van der Waals surface area contributed by atoms with Crippen molar-refractivity contribution < 1.29 is 9.72 Å². The zero-order chi connectivity index (χ0) is 14.0. The fourth-order valence-corrected chi connectivity index (χ4v) is 2.14. The number of primary amides is 1. The molecule has 0 aromatic carbocycles. The molecule has 1 aromatic rings. The maximum atomic E-state index is 11.1. The van der Waals surface area contributed by atoms with Gasteiger partial charge >= 0.3 is 5.69 Å². The molecule has 0 aliphatic carbocycles. The Labute approximate surface area is 109 Å². The molecule has 0 saturated carbocycles. The van der Waals surface area contributed by atoms with Crippen molar-refractivity contribution in [3.63, 3.8) is 0 Å². The van der Waals surface area contributed by atoms with Crippen LogP contribution >= 0.6 is 0 Å². The summed E-state index contributed by atoms with van der Waals surface area (Å²) in [4.78, 5) is 27.6. The first kappa shape index (κ1) is 13.1. The van der Waals surface area contributed by atoms with Gasteiger partial charge in [-0.2, -0.15) is 0 Å². The molecule has 0 bridgehead atoms. The van der Waals surface area contributed by atoms with Gasteiger partial charge in [0, 0.05) is 26.2 Å². The predicted molar refractivity (Wildman–Crippen MR) is 70.0 cm³/mol. The van der Waals surface area contributed by atoms with E-state index in [0.29, 0.717) is 25.3 Å². The molecule has 3 N–H and O–H groups in total. The number of nitrogens with one attached hydrogen (secondary N) is 1. The predicted octanol–water partition coefficient (Wildman–Crippen LogP) is 0.343. The zero-order valence-electron chi connectivity index (χ0n) is 10.5. The van der Waals surface area contributed by atoms with Gasteiger partial charge in [-0.3, -0.25) is 14.9 Å². The first-order valence-electron chi connectivity index (χ1n) is 5.90. The van der Waals surface area contributed by atoms with Crippen LogP contribution in [-0.2, 0) is 4.79 Å². The zero-order valence-corrected chi connectivity index (χ0v) is 10.5. The maximum absolute atomic E-state index is 11.1. The maximum Gasteiger partial charge on any atom is 0.311 e. The number of carbonyl (C=O) groups is 1. The summed E-state index contributed by atoms with van der Waals surface area (Å²) in [6, 6.07) is 2.95. The van der Waals surface area contributed by atoms with E-state index in [0.717, 1.165) is 0 Å². The molecule has 2 heterocycles. The van der Waals surface area contributed by atoms with E-state index in [4.69, 9.17) is 5.73 Å². The van der Waals surface area contributed by atoms with Gasteiger partial charge in [-0.05, 0) is 12.5 Å². The van der Waals surface area contributed by atoms with Gasteiger partial charge in [-0.1, -0.05) is 0 Å². The standard InChI is InChI=1S/C11H15N5O3/c1-13-9-3-2-8(16(18)19)11(14-9)15-5-4-7(6-15)10(12)17/h2-3,7H,4-6H2,1H3,(H2,12,17)(H,13,14). The molecule has 1 unspecified atom stereocenters. The van der Waals surface area contributed by atoms with Crippen LogP contribution in [0.25, 0.3) is 0 Å². The van der Waals surface area contributed by atoms with Crippen molar-refractivity contribution in [1.29, 1.82) is 0 Å². The molecule has 102 valence electrons. The Balaban J connectivity index is 2.32. The van der Waals surface area contributed by atoms with Crippen molar-refractivity contribution in [3.05, 3.63) is 22.2 Å². The summed E-state index contributed by atoms with van der Waals surface area (Å²) in [5.74, 6) is 0.165. The molecule has 8 nitrogen and oxygen atoms in total. The minimum Gasteiger partial charge on any atom is -0.373 e. The molecule has 1 saturated heterocycles. The number of nitrogens with zero attached hydrogens (tertiary/aromatic N) is 3. The topological polar surface area (TPSA) is 114 Å². The van der Waals surface area contributed by atoms with Crippen molar-refractivity contribution >= 4 is 23.2 Å². The van der Waals surface area contributed by atoms with E-state index < -0.39 is 4.92 Å². The summed E-state index contributed by atoms with van der Waals surface area (Å²) in [6.07, 6.45) is 0.595. The summed E-state index contributed by atoms with van der Waals surface area (Å²) in [5, 5.41) is 13.9. The van der Waals surface area contributed by atoms with E-state index in [9.17, 15) is 14.9 Å². The Morgan fingerprint density at radius 1 is 1.63 bits per heavy atom. The number of rotatable bonds is 4. The molecule has 1 aliphatic heterocycles. The Hall–Kier alpha value is -2.38. The van der Waals surface area contributed by atoms with Crippen LogP contribution in [0.2, 0.25) is 0 Å².